The molecule has 0 amide bonds. The largest absolute Gasteiger partial charge is 0.507 e. The third kappa shape index (κ3) is 5.77. The quantitative estimate of drug-likeness (QED) is 0.657. The van der Waals surface area contributed by atoms with E-state index in [1.165, 1.54) is 6.92 Å². The number of hydrogen-bond donors (Lipinski definition) is 2. The number of aromatic hydroxyl groups is 2. The molecule has 0 aliphatic heterocycles. The standard InChI is InChI=1S/C14H13NO2.C9H10O2/c1-10-2-3-12(13(16)8-10)14(17)9-11-4-6-15-7-5-11;1-6-3-4-8(7(2)10)9(11)5-6/h2-8,16H,9H2,1H3;3-5,11H,1-2H3. The van der Waals surface area contributed by atoms with Crippen LogP contribution in [-0.2, 0) is 6.42 Å². The van der Waals surface area contributed by atoms with Gasteiger partial charge in [0, 0.05) is 18.8 Å². The Kier molecular flexibility index (Phi) is 7.04. The maximum absolute atomic E-state index is 12.0. The minimum absolute atomic E-state index is 0.0454. The van der Waals surface area contributed by atoms with Crippen molar-refractivity contribution in [3.8, 4) is 11.5 Å². The van der Waals surface area contributed by atoms with Gasteiger partial charge in [-0.2, -0.15) is 0 Å². The molecule has 2 N–H and O–H groups in total. The molecule has 144 valence electrons. The number of hydrogen-bond acceptors (Lipinski definition) is 5. The number of carbonyl (C=O) groups is 2. The average Bonchev–Trinajstić information content (AvgIpc) is 2.62. The predicted molar refractivity (Wildman–Crippen MR) is 108 cm³/mol. The van der Waals surface area contributed by atoms with E-state index in [2.05, 4.69) is 4.98 Å². The SMILES string of the molecule is CC(=O)c1ccc(C)cc1O.Cc1ccc(C(=O)Cc2ccncc2)c(O)c1. The number of ketones is 2. The Labute approximate surface area is 164 Å². The molecular weight excluding hydrogens is 354 g/mol. The fraction of sp³-hybridized carbons (Fsp3) is 0.174. The summed E-state index contributed by atoms with van der Waals surface area (Å²) in [7, 11) is 0. The maximum atomic E-state index is 12.0. The van der Waals surface area contributed by atoms with E-state index in [0.717, 1.165) is 16.7 Å². The van der Waals surface area contributed by atoms with Crippen LogP contribution in [0, 0.1) is 13.8 Å². The first-order chi connectivity index (χ1) is 13.3. The van der Waals surface area contributed by atoms with Crippen LogP contribution in [0.15, 0.2) is 60.9 Å². The van der Waals surface area contributed by atoms with Crippen LogP contribution in [0.4, 0.5) is 0 Å². The van der Waals surface area contributed by atoms with Crippen LogP contribution in [0.5, 0.6) is 11.5 Å². The Balaban J connectivity index is 0.000000221. The summed E-state index contributed by atoms with van der Waals surface area (Å²) in [6.07, 6.45) is 3.58. The summed E-state index contributed by atoms with van der Waals surface area (Å²) in [5.74, 6) is -0.0854. The topological polar surface area (TPSA) is 87.5 Å². The molecule has 0 saturated carbocycles. The molecule has 3 aromatic rings. The zero-order chi connectivity index (χ0) is 20.7. The summed E-state index contributed by atoms with van der Waals surface area (Å²) < 4.78 is 0. The summed E-state index contributed by atoms with van der Waals surface area (Å²) in [6, 6.07) is 13.7. The third-order valence-corrected chi connectivity index (χ3v) is 4.10. The van der Waals surface area contributed by atoms with Crippen molar-refractivity contribution in [2.45, 2.75) is 27.2 Å². The Morgan fingerprint density at radius 3 is 1.79 bits per heavy atom. The molecule has 2 aromatic carbocycles. The maximum Gasteiger partial charge on any atom is 0.170 e. The van der Waals surface area contributed by atoms with Crippen molar-refractivity contribution in [3.05, 3.63) is 88.7 Å². The highest BCUT2D eigenvalue weighted by atomic mass is 16.3. The van der Waals surface area contributed by atoms with Crippen LogP contribution in [0.25, 0.3) is 0 Å². The summed E-state index contributed by atoms with van der Waals surface area (Å²) >= 11 is 0. The second-order valence-electron chi connectivity index (χ2n) is 6.55. The Morgan fingerprint density at radius 1 is 0.821 bits per heavy atom. The van der Waals surface area contributed by atoms with E-state index < -0.39 is 0 Å². The first kappa shape index (κ1) is 20.8. The number of aryl methyl sites for hydroxylation is 2. The van der Waals surface area contributed by atoms with E-state index in [9.17, 15) is 19.8 Å². The van der Waals surface area contributed by atoms with Gasteiger partial charge in [-0.25, -0.2) is 0 Å². The van der Waals surface area contributed by atoms with Crippen molar-refractivity contribution in [1.29, 1.82) is 0 Å². The van der Waals surface area contributed by atoms with Gasteiger partial charge in [0.15, 0.2) is 11.6 Å². The summed E-state index contributed by atoms with van der Waals surface area (Å²) in [5.41, 5.74) is 3.53. The van der Waals surface area contributed by atoms with Gasteiger partial charge in [0.1, 0.15) is 11.5 Å². The smallest absolute Gasteiger partial charge is 0.170 e. The van der Waals surface area contributed by atoms with Crippen molar-refractivity contribution in [1.82, 2.24) is 4.98 Å². The Hall–Kier alpha value is -3.47. The molecule has 28 heavy (non-hydrogen) atoms. The molecule has 5 heteroatoms. The van der Waals surface area contributed by atoms with Crippen LogP contribution in [-0.4, -0.2) is 26.8 Å². The predicted octanol–water partition coefficient (Wildman–Crippen LogP) is 4.42. The Bertz CT molecular complexity index is 981. The number of benzene rings is 2. The van der Waals surface area contributed by atoms with Crippen LogP contribution < -0.4 is 0 Å². The molecule has 0 aliphatic carbocycles. The van der Waals surface area contributed by atoms with E-state index in [4.69, 9.17) is 0 Å². The van der Waals surface area contributed by atoms with Gasteiger partial charge in [-0.05, 0) is 73.9 Å². The highest BCUT2D eigenvalue weighted by Crippen LogP contribution is 2.20. The van der Waals surface area contributed by atoms with Gasteiger partial charge in [-0.3, -0.25) is 14.6 Å². The number of pyridine rings is 1. The molecule has 5 nitrogen and oxygen atoms in total. The van der Waals surface area contributed by atoms with E-state index in [1.807, 2.05) is 19.9 Å². The first-order valence-electron chi connectivity index (χ1n) is 8.80. The van der Waals surface area contributed by atoms with Crippen molar-refractivity contribution in [2.24, 2.45) is 0 Å². The second kappa shape index (κ2) is 9.46. The summed E-state index contributed by atoms with van der Waals surface area (Å²) in [5, 5.41) is 18.9. The van der Waals surface area contributed by atoms with Gasteiger partial charge >= 0.3 is 0 Å². The number of nitrogens with zero attached hydrogens (tertiary/aromatic N) is 1. The van der Waals surface area contributed by atoms with Crippen molar-refractivity contribution >= 4 is 11.6 Å². The Morgan fingerprint density at radius 2 is 1.32 bits per heavy atom. The third-order valence-electron chi connectivity index (χ3n) is 4.10. The van der Waals surface area contributed by atoms with Crippen LogP contribution in [0.1, 0.15) is 44.3 Å². The fourth-order valence-electron chi connectivity index (χ4n) is 2.60. The summed E-state index contributed by atoms with van der Waals surface area (Å²) in [6.45, 7) is 5.17. The zero-order valence-electron chi connectivity index (χ0n) is 16.1. The lowest BCUT2D eigenvalue weighted by molar-refractivity contribution is 0.0987. The second-order valence-corrected chi connectivity index (χ2v) is 6.55. The van der Waals surface area contributed by atoms with Gasteiger partial charge in [0.25, 0.3) is 0 Å². The van der Waals surface area contributed by atoms with Crippen LogP contribution >= 0.6 is 0 Å². The minimum atomic E-state index is -0.109. The molecule has 3 rings (SSSR count). The van der Waals surface area contributed by atoms with E-state index in [-0.39, 0.29) is 29.5 Å². The van der Waals surface area contributed by atoms with Crippen LogP contribution in [0.2, 0.25) is 0 Å². The van der Waals surface area contributed by atoms with E-state index in [0.29, 0.717) is 11.1 Å². The average molecular weight is 377 g/mol. The monoisotopic (exact) mass is 377 g/mol. The van der Waals surface area contributed by atoms with E-state index >= 15 is 0 Å². The molecule has 0 bridgehead atoms. The lowest BCUT2D eigenvalue weighted by Gasteiger charge is -2.04. The number of phenols is 2. The van der Waals surface area contributed by atoms with Gasteiger partial charge < -0.3 is 10.2 Å². The lowest BCUT2D eigenvalue weighted by Crippen LogP contribution is -2.04. The molecule has 0 spiro atoms. The highest BCUT2D eigenvalue weighted by Gasteiger charge is 2.11. The molecule has 0 aliphatic rings. The van der Waals surface area contributed by atoms with Gasteiger partial charge in [-0.1, -0.05) is 12.1 Å². The number of phenolic OH excluding ortho intramolecular Hbond substituents is 2. The number of Topliss-reactive ketones (excluding diaryl/α,β-unsaturated/α-hetero) is 2. The van der Waals surface area contributed by atoms with Crippen molar-refractivity contribution in [2.75, 3.05) is 0 Å². The van der Waals surface area contributed by atoms with Gasteiger partial charge in [0.05, 0.1) is 11.1 Å². The number of rotatable bonds is 4. The number of aromatic nitrogens is 1. The molecule has 1 heterocycles. The summed E-state index contributed by atoms with van der Waals surface area (Å²) in [4.78, 5) is 26.7. The number of carbonyl (C=O) groups excluding carboxylic acids is 2. The highest BCUT2D eigenvalue weighted by molar-refractivity contribution is 6.00. The first-order valence-corrected chi connectivity index (χ1v) is 8.80. The molecule has 0 fully saturated rings. The van der Waals surface area contributed by atoms with Gasteiger partial charge in [-0.15, -0.1) is 0 Å². The van der Waals surface area contributed by atoms with Gasteiger partial charge in [0.2, 0.25) is 0 Å². The lowest BCUT2D eigenvalue weighted by atomic mass is 10.0. The molecule has 0 unspecified atom stereocenters. The molecule has 0 atom stereocenters. The molecule has 0 radical (unpaired) electrons. The van der Waals surface area contributed by atoms with Crippen LogP contribution in [0.3, 0.4) is 0 Å². The molecular formula is C23H23NO4. The fourth-order valence-corrected chi connectivity index (χ4v) is 2.60. The van der Waals surface area contributed by atoms with Crippen molar-refractivity contribution in [3.63, 3.8) is 0 Å². The van der Waals surface area contributed by atoms with Crippen molar-refractivity contribution < 1.29 is 19.8 Å². The molecule has 0 saturated heterocycles. The molecule has 1 aromatic heterocycles. The van der Waals surface area contributed by atoms with E-state index in [1.54, 1.807) is 54.9 Å². The normalized spacial score (nSPS) is 9.96. The minimum Gasteiger partial charge on any atom is -0.507 e. The zero-order valence-corrected chi connectivity index (χ0v) is 16.1.